The molecule has 0 fully saturated rings. The van der Waals surface area contributed by atoms with Gasteiger partial charge in [-0.15, -0.1) is 0 Å². The number of benzene rings is 1. The van der Waals surface area contributed by atoms with E-state index >= 15 is 0 Å². The van der Waals surface area contributed by atoms with Gasteiger partial charge < -0.3 is 4.90 Å². The fraction of sp³-hybridized carbons (Fsp3) is 0.278. The van der Waals surface area contributed by atoms with Crippen molar-refractivity contribution in [2.75, 3.05) is 18.0 Å². The standard InChI is InChI=1S/C18H16ClN5S/c1-12-7-15(10-20)22-24(12)11-13-8-14(19)9-16-17(13)21-18(25-16)23-5-3-2-4-6-23/h2-3,7-9H,4-6,11H2,1H3. The zero-order valence-corrected chi connectivity index (χ0v) is 15.3. The molecular formula is C18H16ClN5S. The molecule has 0 saturated heterocycles. The van der Waals surface area contributed by atoms with Crippen LogP contribution in [-0.4, -0.2) is 27.9 Å². The fourth-order valence-electron chi connectivity index (χ4n) is 3.01. The molecule has 0 bridgehead atoms. The van der Waals surface area contributed by atoms with Crippen LogP contribution in [0, 0.1) is 18.3 Å². The van der Waals surface area contributed by atoms with Crippen LogP contribution < -0.4 is 4.90 Å². The number of aromatic nitrogens is 3. The predicted molar refractivity (Wildman–Crippen MR) is 101 cm³/mol. The Morgan fingerprint density at radius 1 is 1.32 bits per heavy atom. The summed E-state index contributed by atoms with van der Waals surface area (Å²) in [5.41, 5.74) is 3.36. The molecule has 7 heteroatoms. The van der Waals surface area contributed by atoms with Gasteiger partial charge in [0.05, 0.1) is 16.8 Å². The summed E-state index contributed by atoms with van der Waals surface area (Å²) in [6.45, 7) is 4.38. The molecular weight excluding hydrogens is 354 g/mol. The largest absolute Gasteiger partial charge is 0.344 e. The van der Waals surface area contributed by atoms with Crippen LogP contribution in [0.2, 0.25) is 5.02 Å². The Balaban J connectivity index is 1.75. The van der Waals surface area contributed by atoms with Crippen LogP contribution in [0.4, 0.5) is 5.13 Å². The first-order valence-electron chi connectivity index (χ1n) is 8.07. The molecule has 126 valence electrons. The highest BCUT2D eigenvalue weighted by Crippen LogP contribution is 2.34. The molecule has 0 unspecified atom stereocenters. The Kier molecular flexibility index (Phi) is 4.20. The van der Waals surface area contributed by atoms with E-state index in [-0.39, 0.29) is 0 Å². The second kappa shape index (κ2) is 6.51. The van der Waals surface area contributed by atoms with E-state index in [1.54, 1.807) is 17.4 Å². The van der Waals surface area contributed by atoms with Crippen LogP contribution >= 0.6 is 22.9 Å². The molecule has 0 atom stereocenters. The highest BCUT2D eigenvalue weighted by Gasteiger charge is 2.16. The van der Waals surface area contributed by atoms with Crippen molar-refractivity contribution >= 4 is 38.3 Å². The number of hydrogen-bond donors (Lipinski definition) is 0. The summed E-state index contributed by atoms with van der Waals surface area (Å²) in [6, 6.07) is 7.78. The molecule has 0 aliphatic carbocycles. The lowest BCUT2D eigenvalue weighted by molar-refractivity contribution is 0.665. The van der Waals surface area contributed by atoms with Gasteiger partial charge in [-0.2, -0.15) is 10.4 Å². The third-order valence-electron chi connectivity index (χ3n) is 4.27. The van der Waals surface area contributed by atoms with Crippen molar-refractivity contribution in [1.29, 1.82) is 5.26 Å². The van der Waals surface area contributed by atoms with E-state index in [4.69, 9.17) is 21.8 Å². The van der Waals surface area contributed by atoms with E-state index in [0.29, 0.717) is 17.3 Å². The summed E-state index contributed by atoms with van der Waals surface area (Å²) >= 11 is 8.00. The third kappa shape index (κ3) is 3.13. The molecule has 0 amide bonds. The number of hydrogen-bond acceptors (Lipinski definition) is 5. The Morgan fingerprint density at radius 2 is 2.20 bits per heavy atom. The van der Waals surface area contributed by atoms with E-state index in [2.05, 4.69) is 28.2 Å². The topological polar surface area (TPSA) is 57.7 Å². The average molecular weight is 370 g/mol. The van der Waals surface area contributed by atoms with Crippen molar-refractivity contribution in [3.63, 3.8) is 0 Å². The van der Waals surface area contributed by atoms with Gasteiger partial charge in [0.1, 0.15) is 6.07 Å². The predicted octanol–water partition coefficient (Wildman–Crippen LogP) is 4.14. The summed E-state index contributed by atoms with van der Waals surface area (Å²) in [4.78, 5) is 7.16. The SMILES string of the molecule is Cc1cc(C#N)nn1Cc1cc(Cl)cc2sc(N3CC=CCC3)nc12. The Labute approximate surface area is 154 Å². The third-order valence-corrected chi connectivity index (χ3v) is 5.55. The molecule has 1 aromatic carbocycles. The van der Waals surface area contributed by atoms with Crippen molar-refractivity contribution in [2.45, 2.75) is 19.9 Å². The maximum Gasteiger partial charge on any atom is 0.186 e. The summed E-state index contributed by atoms with van der Waals surface area (Å²) in [5, 5.41) is 15.1. The van der Waals surface area contributed by atoms with E-state index in [1.165, 1.54) is 0 Å². The van der Waals surface area contributed by atoms with Gasteiger partial charge in [0, 0.05) is 29.4 Å². The van der Waals surface area contributed by atoms with Crippen LogP contribution in [0.5, 0.6) is 0 Å². The number of rotatable bonds is 3. The summed E-state index contributed by atoms with van der Waals surface area (Å²) in [5.74, 6) is 0. The minimum absolute atomic E-state index is 0.426. The zero-order chi connectivity index (χ0) is 17.4. The van der Waals surface area contributed by atoms with Crippen molar-refractivity contribution in [2.24, 2.45) is 0 Å². The number of fused-ring (bicyclic) bond motifs is 1. The molecule has 4 rings (SSSR count). The molecule has 2 aromatic heterocycles. The lowest BCUT2D eigenvalue weighted by Crippen LogP contribution is -2.26. The minimum Gasteiger partial charge on any atom is -0.344 e. The van der Waals surface area contributed by atoms with E-state index < -0.39 is 0 Å². The van der Waals surface area contributed by atoms with Gasteiger partial charge in [-0.05, 0) is 31.5 Å². The second-order valence-electron chi connectivity index (χ2n) is 6.05. The molecule has 3 heterocycles. The quantitative estimate of drug-likeness (QED) is 0.651. The number of aryl methyl sites for hydroxylation is 1. The molecule has 5 nitrogen and oxygen atoms in total. The van der Waals surface area contributed by atoms with Crippen molar-refractivity contribution in [3.8, 4) is 6.07 Å². The summed E-state index contributed by atoms with van der Waals surface area (Å²) in [7, 11) is 0. The molecule has 0 radical (unpaired) electrons. The maximum absolute atomic E-state index is 9.04. The zero-order valence-electron chi connectivity index (χ0n) is 13.7. The number of thiazole rings is 1. The average Bonchev–Trinajstić information content (AvgIpc) is 3.19. The van der Waals surface area contributed by atoms with Crippen molar-refractivity contribution < 1.29 is 0 Å². The van der Waals surface area contributed by atoms with Gasteiger partial charge in [-0.25, -0.2) is 4.98 Å². The normalized spacial score (nSPS) is 14.2. The smallest absolute Gasteiger partial charge is 0.186 e. The molecule has 3 aromatic rings. The molecule has 25 heavy (non-hydrogen) atoms. The highest BCUT2D eigenvalue weighted by molar-refractivity contribution is 7.22. The van der Waals surface area contributed by atoms with Crippen molar-refractivity contribution in [1.82, 2.24) is 14.8 Å². The monoisotopic (exact) mass is 369 g/mol. The maximum atomic E-state index is 9.04. The van der Waals surface area contributed by atoms with Gasteiger partial charge >= 0.3 is 0 Å². The van der Waals surface area contributed by atoms with E-state index in [0.717, 1.165) is 46.1 Å². The first-order chi connectivity index (χ1) is 12.1. The van der Waals surface area contributed by atoms with Crippen molar-refractivity contribution in [3.05, 3.63) is 52.3 Å². The Bertz CT molecular complexity index is 1010. The fourth-order valence-corrected chi connectivity index (χ4v) is 4.40. The van der Waals surface area contributed by atoms with Crippen LogP contribution in [0.1, 0.15) is 23.4 Å². The minimum atomic E-state index is 0.426. The number of halogens is 1. The van der Waals surface area contributed by atoms with Crippen LogP contribution in [0.25, 0.3) is 10.2 Å². The second-order valence-corrected chi connectivity index (χ2v) is 7.50. The van der Waals surface area contributed by atoms with E-state index in [9.17, 15) is 0 Å². The summed E-state index contributed by atoms with van der Waals surface area (Å²) in [6.07, 6.45) is 5.44. The number of nitrogens with zero attached hydrogens (tertiary/aromatic N) is 5. The molecule has 1 aliphatic heterocycles. The number of nitriles is 1. The van der Waals surface area contributed by atoms with Gasteiger partial charge in [0.15, 0.2) is 10.8 Å². The van der Waals surface area contributed by atoms with Gasteiger partial charge in [-0.3, -0.25) is 4.68 Å². The molecule has 0 saturated carbocycles. The van der Waals surface area contributed by atoms with Gasteiger partial charge in [0.25, 0.3) is 0 Å². The number of anilines is 1. The Hall–Kier alpha value is -2.36. The van der Waals surface area contributed by atoms with Gasteiger partial charge in [-0.1, -0.05) is 35.1 Å². The molecule has 0 spiro atoms. The van der Waals surface area contributed by atoms with E-state index in [1.807, 2.05) is 23.7 Å². The Morgan fingerprint density at radius 3 is 2.92 bits per heavy atom. The molecule has 1 aliphatic rings. The highest BCUT2D eigenvalue weighted by atomic mass is 35.5. The molecule has 0 N–H and O–H groups in total. The van der Waals surface area contributed by atoms with Crippen LogP contribution in [0.3, 0.4) is 0 Å². The first-order valence-corrected chi connectivity index (χ1v) is 9.27. The van der Waals surface area contributed by atoms with Gasteiger partial charge in [0.2, 0.25) is 0 Å². The lowest BCUT2D eigenvalue weighted by atomic mass is 10.2. The van der Waals surface area contributed by atoms with Crippen LogP contribution in [-0.2, 0) is 6.54 Å². The van der Waals surface area contributed by atoms with Crippen LogP contribution in [0.15, 0.2) is 30.4 Å². The lowest BCUT2D eigenvalue weighted by Gasteiger charge is -2.22. The first kappa shape index (κ1) is 16.1. The summed E-state index contributed by atoms with van der Waals surface area (Å²) < 4.78 is 2.91.